The van der Waals surface area contributed by atoms with E-state index < -0.39 is 0 Å². The van der Waals surface area contributed by atoms with Crippen LogP contribution in [0.15, 0.2) is 41.6 Å². The summed E-state index contributed by atoms with van der Waals surface area (Å²) in [6.07, 6.45) is 8.90. The van der Waals surface area contributed by atoms with Gasteiger partial charge in [0.15, 0.2) is 0 Å². The minimum absolute atomic E-state index is 0.0142. The molecule has 1 saturated carbocycles. The average Bonchev–Trinajstić information content (AvgIpc) is 3.02. The summed E-state index contributed by atoms with van der Waals surface area (Å²) >= 11 is 5.97. The molecule has 1 N–H and O–H groups in total. The predicted molar refractivity (Wildman–Crippen MR) is 110 cm³/mol. The number of rotatable bonds is 4. The minimum Gasteiger partial charge on any atom is -0.352 e. The number of aromatic nitrogens is 3. The number of hydrogen-bond donors (Lipinski definition) is 1. The third-order valence-corrected chi connectivity index (χ3v) is 5.64. The first-order valence-corrected chi connectivity index (χ1v) is 10.0. The third kappa shape index (κ3) is 3.69. The lowest BCUT2D eigenvalue weighted by molar-refractivity contribution is -0.122. The van der Waals surface area contributed by atoms with E-state index in [1.165, 1.54) is 17.3 Å². The topological polar surface area (TPSA) is 68.9 Å². The Bertz CT molecular complexity index is 1060. The van der Waals surface area contributed by atoms with E-state index in [2.05, 4.69) is 10.3 Å². The van der Waals surface area contributed by atoms with Crippen molar-refractivity contribution in [1.29, 1.82) is 0 Å². The number of nitrogens with one attached hydrogen (secondary N) is 1. The molecule has 0 spiro atoms. The molecule has 1 aromatic carbocycles. The van der Waals surface area contributed by atoms with Gasteiger partial charge in [0, 0.05) is 29.9 Å². The molecule has 6 nitrogen and oxygen atoms in total. The van der Waals surface area contributed by atoms with E-state index in [0.717, 1.165) is 36.8 Å². The molecule has 146 valence electrons. The Labute approximate surface area is 168 Å². The van der Waals surface area contributed by atoms with Gasteiger partial charge in [-0.3, -0.25) is 14.2 Å². The fourth-order valence-electron chi connectivity index (χ4n) is 3.94. The van der Waals surface area contributed by atoms with E-state index in [1.807, 2.05) is 37.5 Å². The molecule has 7 heteroatoms. The standard InChI is InChI=1S/C21H23ClN4O2/c1-25-11-17(14-7-9-15(22)10-8-14)19-20(25)21(28)26(13-23-19)12-18(27)24-16-5-3-2-4-6-16/h7-11,13,16H,2-6,12H2,1H3,(H,24,27). The molecule has 3 aromatic rings. The van der Waals surface area contributed by atoms with E-state index in [4.69, 9.17) is 11.6 Å². The summed E-state index contributed by atoms with van der Waals surface area (Å²) in [5.41, 5.74) is 2.70. The van der Waals surface area contributed by atoms with Gasteiger partial charge in [0.2, 0.25) is 5.91 Å². The largest absolute Gasteiger partial charge is 0.352 e. The maximum Gasteiger partial charge on any atom is 0.278 e. The van der Waals surface area contributed by atoms with Gasteiger partial charge in [-0.05, 0) is 30.5 Å². The molecule has 28 heavy (non-hydrogen) atoms. The Morgan fingerprint density at radius 2 is 1.93 bits per heavy atom. The lowest BCUT2D eigenvalue weighted by Crippen LogP contribution is -2.40. The molecule has 0 saturated heterocycles. The zero-order chi connectivity index (χ0) is 19.7. The van der Waals surface area contributed by atoms with Crippen molar-refractivity contribution in [3.63, 3.8) is 0 Å². The summed E-state index contributed by atoms with van der Waals surface area (Å²) < 4.78 is 3.15. The van der Waals surface area contributed by atoms with Gasteiger partial charge in [0.25, 0.3) is 5.56 Å². The van der Waals surface area contributed by atoms with Crippen LogP contribution in [-0.2, 0) is 18.4 Å². The summed E-state index contributed by atoms with van der Waals surface area (Å²) in [7, 11) is 1.82. The fraction of sp³-hybridized carbons (Fsp3) is 0.381. The van der Waals surface area contributed by atoms with Crippen molar-refractivity contribution in [3.05, 3.63) is 52.2 Å². The zero-order valence-corrected chi connectivity index (χ0v) is 16.6. The predicted octanol–water partition coefficient (Wildman–Crippen LogP) is 3.50. The number of carbonyl (C=O) groups excluding carboxylic acids is 1. The van der Waals surface area contributed by atoms with Crippen LogP contribution in [0, 0.1) is 0 Å². The van der Waals surface area contributed by atoms with Crippen molar-refractivity contribution in [2.75, 3.05) is 0 Å². The van der Waals surface area contributed by atoms with Gasteiger partial charge in [0.1, 0.15) is 17.6 Å². The first kappa shape index (κ1) is 18.7. The molecular weight excluding hydrogens is 376 g/mol. The van der Waals surface area contributed by atoms with Crippen molar-refractivity contribution >= 4 is 28.5 Å². The maximum atomic E-state index is 13.0. The van der Waals surface area contributed by atoms with Crippen molar-refractivity contribution < 1.29 is 4.79 Å². The van der Waals surface area contributed by atoms with E-state index in [1.54, 1.807) is 4.57 Å². The number of amides is 1. The van der Waals surface area contributed by atoms with Gasteiger partial charge in [-0.2, -0.15) is 0 Å². The van der Waals surface area contributed by atoms with Crippen LogP contribution in [0.5, 0.6) is 0 Å². The van der Waals surface area contributed by atoms with E-state index in [9.17, 15) is 9.59 Å². The average molecular weight is 399 g/mol. The molecule has 0 bridgehead atoms. The summed E-state index contributed by atoms with van der Waals surface area (Å²) in [6, 6.07) is 7.66. The summed E-state index contributed by atoms with van der Waals surface area (Å²) in [5, 5.41) is 3.70. The first-order valence-electron chi connectivity index (χ1n) is 9.62. The molecule has 4 rings (SSSR count). The smallest absolute Gasteiger partial charge is 0.278 e. The molecule has 0 aliphatic heterocycles. The summed E-state index contributed by atoms with van der Waals surface area (Å²) in [6.45, 7) is -0.0142. The lowest BCUT2D eigenvalue weighted by atomic mass is 9.95. The minimum atomic E-state index is -0.216. The number of halogens is 1. The first-order chi connectivity index (χ1) is 13.5. The quantitative estimate of drug-likeness (QED) is 0.731. The van der Waals surface area contributed by atoms with Gasteiger partial charge in [-0.1, -0.05) is 43.0 Å². The normalized spacial score (nSPS) is 15.1. The highest BCUT2D eigenvalue weighted by Crippen LogP contribution is 2.28. The second-order valence-electron chi connectivity index (χ2n) is 7.44. The Morgan fingerprint density at radius 1 is 1.21 bits per heavy atom. The Hall–Kier alpha value is -2.60. The molecule has 1 amide bonds. The van der Waals surface area contributed by atoms with E-state index in [-0.39, 0.29) is 24.1 Å². The summed E-state index contributed by atoms with van der Waals surface area (Å²) in [5.74, 6) is -0.137. The van der Waals surface area contributed by atoms with Crippen LogP contribution in [0.4, 0.5) is 0 Å². The van der Waals surface area contributed by atoms with Crippen LogP contribution in [0.3, 0.4) is 0 Å². The van der Waals surface area contributed by atoms with Gasteiger partial charge < -0.3 is 9.88 Å². The summed E-state index contributed by atoms with van der Waals surface area (Å²) in [4.78, 5) is 29.9. The number of aryl methyl sites for hydroxylation is 1. The molecule has 2 heterocycles. The molecule has 0 unspecified atom stereocenters. The number of hydrogen-bond acceptors (Lipinski definition) is 3. The highest BCUT2D eigenvalue weighted by Gasteiger charge is 2.18. The van der Waals surface area contributed by atoms with Crippen LogP contribution in [0.25, 0.3) is 22.2 Å². The Balaban J connectivity index is 1.62. The van der Waals surface area contributed by atoms with Crippen molar-refractivity contribution in [3.8, 4) is 11.1 Å². The molecule has 0 radical (unpaired) electrons. The van der Waals surface area contributed by atoms with Gasteiger partial charge in [0.05, 0.1) is 6.33 Å². The van der Waals surface area contributed by atoms with Crippen molar-refractivity contribution in [2.24, 2.45) is 7.05 Å². The number of benzene rings is 1. The molecule has 0 atom stereocenters. The van der Waals surface area contributed by atoms with E-state index >= 15 is 0 Å². The number of fused-ring (bicyclic) bond motifs is 1. The van der Waals surface area contributed by atoms with Crippen LogP contribution in [0.2, 0.25) is 5.02 Å². The Kier molecular flexibility index (Phi) is 5.22. The van der Waals surface area contributed by atoms with Crippen LogP contribution in [-0.4, -0.2) is 26.1 Å². The molecular formula is C21H23ClN4O2. The highest BCUT2D eigenvalue weighted by molar-refractivity contribution is 6.30. The second-order valence-corrected chi connectivity index (χ2v) is 7.87. The second kappa shape index (κ2) is 7.80. The molecule has 1 aliphatic rings. The molecule has 1 aliphatic carbocycles. The van der Waals surface area contributed by atoms with Crippen molar-refractivity contribution in [1.82, 2.24) is 19.4 Å². The molecule has 2 aromatic heterocycles. The lowest BCUT2D eigenvalue weighted by Gasteiger charge is -2.22. The van der Waals surface area contributed by atoms with Crippen LogP contribution >= 0.6 is 11.6 Å². The van der Waals surface area contributed by atoms with E-state index in [0.29, 0.717) is 16.1 Å². The molecule has 1 fully saturated rings. The fourth-order valence-corrected chi connectivity index (χ4v) is 4.07. The third-order valence-electron chi connectivity index (χ3n) is 5.38. The van der Waals surface area contributed by atoms with Crippen molar-refractivity contribution in [2.45, 2.75) is 44.7 Å². The van der Waals surface area contributed by atoms with Gasteiger partial charge >= 0.3 is 0 Å². The monoisotopic (exact) mass is 398 g/mol. The number of carbonyl (C=O) groups is 1. The van der Waals surface area contributed by atoms with Gasteiger partial charge in [-0.25, -0.2) is 4.98 Å². The maximum absolute atomic E-state index is 13.0. The SMILES string of the molecule is Cn1cc(-c2ccc(Cl)cc2)c2ncn(CC(=O)NC3CCCCC3)c(=O)c21. The Morgan fingerprint density at radius 3 is 2.64 bits per heavy atom. The highest BCUT2D eigenvalue weighted by atomic mass is 35.5. The van der Waals surface area contributed by atoms with Crippen LogP contribution < -0.4 is 10.9 Å². The van der Waals surface area contributed by atoms with Gasteiger partial charge in [-0.15, -0.1) is 0 Å². The van der Waals surface area contributed by atoms with Crippen LogP contribution in [0.1, 0.15) is 32.1 Å². The zero-order valence-electron chi connectivity index (χ0n) is 15.8. The number of nitrogens with zero attached hydrogens (tertiary/aromatic N) is 3.